The predicted octanol–water partition coefficient (Wildman–Crippen LogP) is -1.61. The van der Waals surface area contributed by atoms with E-state index in [1.165, 1.54) is 12.1 Å². The number of hydrogen-bond donors (Lipinski definition) is 8. The van der Waals surface area contributed by atoms with Gasteiger partial charge in [0, 0.05) is 20.8 Å². The zero-order valence-corrected chi connectivity index (χ0v) is 19.4. The molecular formula is C20H31NO14. The van der Waals surface area contributed by atoms with Crippen LogP contribution in [0.5, 0.6) is 5.75 Å². The molecule has 9 N–H and O–H groups in total. The summed E-state index contributed by atoms with van der Waals surface area (Å²) in [4.78, 5) is 38.6. The number of carbonyl (C=O) groups excluding carboxylic acids is 1. The van der Waals surface area contributed by atoms with Gasteiger partial charge in [-0.15, -0.1) is 0 Å². The van der Waals surface area contributed by atoms with Crippen LogP contribution in [-0.2, 0) is 35.3 Å². The normalized spacial score (nSPS) is 22.3. The second-order valence-electron chi connectivity index (χ2n) is 6.63. The number of methoxy groups -OCH3 is 1. The smallest absolute Gasteiger partial charge is 0.337 e. The van der Waals surface area contributed by atoms with Gasteiger partial charge in [-0.1, -0.05) is 6.07 Å². The summed E-state index contributed by atoms with van der Waals surface area (Å²) in [7, 11) is 1.09. The quantitative estimate of drug-likeness (QED) is 0.168. The van der Waals surface area contributed by atoms with E-state index < -0.39 is 54.6 Å². The van der Waals surface area contributed by atoms with Crippen molar-refractivity contribution in [1.82, 2.24) is 0 Å². The van der Waals surface area contributed by atoms with Gasteiger partial charge in [-0.05, 0) is 17.7 Å². The standard InChI is InChI=1S/C14H19NO8.3C2H4O2/c1-21-13(20)12-10(18)9(17)11(19)14(23-12)22-8-3-2-6(5-16)4-7(8)15;3*1-2(3)4/h2-4,9-12,14,16-19H,5,15H2,1H3;3*1H3,(H,3,4)/t9-,10-,11+,12-,14+;;;/m0.../s1. The van der Waals surface area contributed by atoms with Crippen LogP contribution in [0.4, 0.5) is 5.69 Å². The van der Waals surface area contributed by atoms with Crippen molar-refractivity contribution in [2.75, 3.05) is 12.8 Å². The van der Waals surface area contributed by atoms with Crippen LogP contribution < -0.4 is 10.5 Å². The fraction of sp³-hybridized carbons (Fsp3) is 0.500. The Bertz CT molecular complexity index is 790. The van der Waals surface area contributed by atoms with Gasteiger partial charge in [-0.2, -0.15) is 0 Å². The fourth-order valence-corrected chi connectivity index (χ4v) is 2.18. The van der Waals surface area contributed by atoms with Crippen molar-refractivity contribution in [2.24, 2.45) is 0 Å². The zero-order valence-electron chi connectivity index (χ0n) is 19.4. The van der Waals surface area contributed by atoms with Gasteiger partial charge < -0.3 is 55.7 Å². The van der Waals surface area contributed by atoms with E-state index in [4.69, 9.17) is 50.0 Å². The van der Waals surface area contributed by atoms with E-state index in [-0.39, 0.29) is 18.0 Å². The van der Waals surface area contributed by atoms with Gasteiger partial charge in [0.15, 0.2) is 6.10 Å². The van der Waals surface area contributed by atoms with Crippen molar-refractivity contribution < 1.29 is 69.1 Å². The average molecular weight is 509 g/mol. The van der Waals surface area contributed by atoms with Crippen molar-refractivity contribution in [3.63, 3.8) is 0 Å². The lowest BCUT2D eigenvalue weighted by Crippen LogP contribution is -2.61. The highest BCUT2D eigenvalue weighted by molar-refractivity contribution is 5.75. The summed E-state index contributed by atoms with van der Waals surface area (Å²) in [6.07, 6.45) is -7.90. The Kier molecular flexibility index (Phi) is 16.4. The Morgan fingerprint density at radius 1 is 0.914 bits per heavy atom. The SMILES string of the molecule is CC(=O)O.CC(=O)O.CC(=O)O.COC(=O)[C@H]1O[C@@H](Oc2ccc(CO)cc2N)[C@H](O)[C@@H](O)[C@@H]1O. The number of aliphatic hydroxyl groups is 4. The number of aliphatic hydroxyl groups excluding tert-OH is 4. The molecule has 1 fully saturated rings. The molecule has 0 amide bonds. The molecule has 5 atom stereocenters. The number of rotatable bonds is 4. The molecular weight excluding hydrogens is 478 g/mol. The minimum absolute atomic E-state index is 0.124. The Morgan fingerprint density at radius 2 is 1.37 bits per heavy atom. The maximum absolute atomic E-state index is 11.6. The number of carboxylic acid groups (broad SMARTS) is 3. The summed E-state index contributed by atoms with van der Waals surface area (Å²) >= 11 is 0. The predicted molar refractivity (Wildman–Crippen MR) is 116 cm³/mol. The van der Waals surface area contributed by atoms with Gasteiger partial charge in [-0.3, -0.25) is 14.4 Å². The van der Waals surface area contributed by atoms with Crippen molar-refractivity contribution in [1.29, 1.82) is 0 Å². The molecule has 1 heterocycles. The molecule has 1 aromatic rings. The molecule has 0 bridgehead atoms. The highest BCUT2D eigenvalue weighted by atomic mass is 16.7. The van der Waals surface area contributed by atoms with E-state index >= 15 is 0 Å². The van der Waals surface area contributed by atoms with E-state index in [1.54, 1.807) is 6.07 Å². The summed E-state index contributed by atoms with van der Waals surface area (Å²) in [5.41, 5.74) is 6.49. The third kappa shape index (κ3) is 14.4. The summed E-state index contributed by atoms with van der Waals surface area (Å²) < 4.78 is 15.0. The number of ether oxygens (including phenoxy) is 3. The van der Waals surface area contributed by atoms with Crippen LogP contribution in [-0.4, -0.2) is 97.4 Å². The second-order valence-corrected chi connectivity index (χ2v) is 6.63. The molecule has 1 aliphatic rings. The molecule has 1 saturated heterocycles. The van der Waals surface area contributed by atoms with Gasteiger partial charge in [0.25, 0.3) is 17.9 Å². The molecule has 35 heavy (non-hydrogen) atoms. The lowest BCUT2D eigenvalue weighted by atomic mass is 9.99. The topological polar surface area (TPSA) is 264 Å². The Hall–Kier alpha value is -3.50. The first-order valence-electron chi connectivity index (χ1n) is 9.60. The Morgan fingerprint density at radius 3 is 1.74 bits per heavy atom. The molecule has 0 saturated carbocycles. The molecule has 200 valence electrons. The lowest BCUT2D eigenvalue weighted by Gasteiger charge is -2.38. The van der Waals surface area contributed by atoms with Gasteiger partial charge >= 0.3 is 5.97 Å². The molecule has 1 aliphatic heterocycles. The number of hydrogen-bond acceptors (Lipinski definition) is 12. The molecule has 1 aromatic carbocycles. The number of carbonyl (C=O) groups is 4. The molecule has 0 spiro atoms. The number of carboxylic acids is 3. The van der Waals surface area contributed by atoms with Gasteiger partial charge in [-0.25, -0.2) is 4.79 Å². The van der Waals surface area contributed by atoms with Crippen LogP contribution in [0.15, 0.2) is 18.2 Å². The van der Waals surface area contributed by atoms with Crippen molar-refractivity contribution in [3.8, 4) is 5.75 Å². The van der Waals surface area contributed by atoms with Crippen LogP contribution in [0.2, 0.25) is 0 Å². The maximum Gasteiger partial charge on any atom is 0.337 e. The van der Waals surface area contributed by atoms with Crippen LogP contribution >= 0.6 is 0 Å². The summed E-state index contributed by atoms with van der Waals surface area (Å²) in [6, 6.07) is 4.46. The number of aliphatic carboxylic acids is 3. The molecule has 0 aromatic heterocycles. The van der Waals surface area contributed by atoms with E-state index in [9.17, 15) is 20.1 Å². The van der Waals surface area contributed by atoms with E-state index in [1.807, 2.05) is 0 Å². The van der Waals surface area contributed by atoms with Crippen molar-refractivity contribution >= 4 is 29.6 Å². The summed E-state index contributed by atoms with van der Waals surface area (Å²) in [5, 5.41) is 60.8. The third-order valence-corrected chi connectivity index (χ3v) is 3.50. The largest absolute Gasteiger partial charge is 0.481 e. The fourth-order valence-electron chi connectivity index (χ4n) is 2.18. The summed E-state index contributed by atoms with van der Waals surface area (Å²) in [6.45, 7) is 3.04. The average Bonchev–Trinajstić information content (AvgIpc) is 2.73. The molecule has 0 radical (unpaired) electrons. The number of benzene rings is 1. The van der Waals surface area contributed by atoms with Crippen molar-refractivity contribution in [2.45, 2.75) is 58.1 Å². The molecule has 15 nitrogen and oxygen atoms in total. The number of nitrogen functional groups attached to an aromatic ring is 1. The minimum atomic E-state index is -1.67. The maximum atomic E-state index is 11.6. The first-order chi connectivity index (χ1) is 16.1. The van der Waals surface area contributed by atoms with Crippen LogP contribution in [0.3, 0.4) is 0 Å². The Labute approximate surface area is 199 Å². The van der Waals surface area contributed by atoms with Gasteiger partial charge in [0.05, 0.1) is 19.4 Å². The highest BCUT2D eigenvalue weighted by Crippen LogP contribution is 2.29. The minimum Gasteiger partial charge on any atom is -0.481 e. The van der Waals surface area contributed by atoms with E-state index in [0.29, 0.717) is 5.56 Å². The van der Waals surface area contributed by atoms with E-state index in [2.05, 4.69) is 4.74 Å². The third-order valence-electron chi connectivity index (χ3n) is 3.50. The lowest BCUT2D eigenvalue weighted by molar-refractivity contribution is -0.271. The van der Waals surface area contributed by atoms with Crippen LogP contribution in [0.25, 0.3) is 0 Å². The zero-order chi connectivity index (χ0) is 27.9. The molecule has 2 rings (SSSR count). The second kappa shape index (κ2) is 17.0. The highest BCUT2D eigenvalue weighted by Gasteiger charge is 2.48. The molecule has 0 unspecified atom stereocenters. The molecule has 0 aliphatic carbocycles. The monoisotopic (exact) mass is 509 g/mol. The first kappa shape index (κ1) is 33.7. The van der Waals surface area contributed by atoms with Gasteiger partial charge in [0.2, 0.25) is 6.29 Å². The number of nitrogens with two attached hydrogens (primary N) is 1. The van der Waals surface area contributed by atoms with Crippen LogP contribution in [0, 0.1) is 0 Å². The van der Waals surface area contributed by atoms with Crippen molar-refractivity contribution in [3.05, 3.63) is 23.8 Å². The Balaban J connectivity index is 0. The van der Waals surface area contributed by atoms with E-state index in [0.717, 1.165) is 27.9 Å². The first-order valence-corrected chi connectivity index (χ1v) is 9.60. The van der Waals surface area contributed by atoms with Gasteiger partial charge in [0.1, 0.15) is 24.1 Å². The summed E-state index contributed by atoms with van der Waals surface area (Å²) in [5.74, 6) is -3.29. The number of esters is 1. The van der Waals surface area contributed by atoms with Crippen LogP contribution in [0.1, 0.15) is 26.3 Å². The molecule has 15 heteroatoms. The number of anilines is 1.